The third-order valence-corrected chi connectivity index (χ3v) is 3.21. The average molecular weight is 170 g/mol. The van der Waals surface area contributed by atoms with Gasteiger partial charge >= 0.3 is 0 Å². The van der Waals surface area contributed by atoms with E-state index >= 15 is 0 Å². The van der Waals surface area contributed by atoms with Crippen LogP contribution < -0.4 is 0 Å². The Kier molecular flexibility index (Phi) is 2.13. The molecule has 0 spiro atoms. The van der Waals surface area contributed by atoms with E-state index < -0.39 is 0 Å². The van der Waals surface area contributed by atoms with Gasteiger partial charge in [-0.05, 0) is 32.1 Å². The van der Waals surface area contributed by atoms with E-state index in [1.165, 1.54) is 12.8 Å². The highest BCUT2D eigenvalue weighted by molar-refractivity contribution is 4.91. The number of hydrogen-bond acceptors (Lipinski definition) is 2. The number of hydrogen-bond donors (Lipinski definition) is 1. The minimum absolute atomic E-state index is 0.220. The van der Waals surface area contributed by atoms with Gasteiger partial charge in [-0.15, -0.1) is 0 Å². The van der Waals surface area contributed by atoms with Gasteiger partial charge in [-0.1, -0.05) is 12.8 Å². The van der Waals surface area contributed by atoms with Crippen molar-refractivity contribution in [3.05, 3.63) is 0 Å². The fourth-order valence-electron chi connectivity index (χ4n) is 1.98. The molecule has 70 valence electrons. The van der Waals surface area contributed by atoms with Gasteiger partial charge in [-0.2, -0.15) is 0 Å². The first-order valence-electron chi connectivity index (χ1n) is 5.03. The maximum absolute atomic E-state index is 9.89. The van der Waals surface area contributed by atoms with Crippen molar-refractivity contribution in [1.82, 2.24) is 0 Å². The molecular weight excluding hydrogens is 152 g/mol. The summed E-state index contributed by atoms with van der Waals surface area (Å²) in [5, 5.41) is 9.89. The lowest BCUT2D eigenvalue weighted by atomic mass is 9.92. The standard InChI is InChI=1S/C10H18O2/c1-10(5-2-6-12-10)9(11)7-8-3-4-8/h8-9,11H,2-7H2,1H3. The van der Waals surface area contributed by atoms with Crippen molar-refractivity contribution in [2.45, 2.75) is 50.7 Å². The van der Waals surface area contributed by atoms with Crippen molar-refractivity contribution in [1.29, 1.82) is 0 Å². The summed E-state index contributed by atoms with van der Waals surface area (Å²) in [7, 11) is 0. The zero-order valence-electron chi connectivity index (χ0n) is 7.75. The monoisotopic (exact) mass is 170 g/mol. The summed E-state index contributed by atoms with van der Waals surface area (Å²) in [6.07, 6.45) is 5.49. The molecule has 0 aromatic heterocycles. The molecule has 1 saturated carbocycles. The van der Waals surface area contributed by atoms with Crippen LogP contribution in [0.5, 0.6) is 0 Å². The molecule has 1 saturated heterocycles. The SMILES string of the molecule is CC1(C(O)CC2CC2)CCCO1. The summed E-state index contributed by atoms with van der Waals surface area (Å²) in [6.45, 7) is 2.88. The van der Waals surface area contributed by atoms with Gasteiger partial charge in [0.1, 0.15) is 0 Å². The van der Waals surface area contributed by atoms with Crippen LogP contribution in [-0.4, -0.2) is 23.4 Å². The Labute approximate surface area is 73.9 Å². The van der Waals surface area contributed by atoms with Gasteiger partial charge in [-0.3, -0.25) is 0 Å². The average Bonchev–Trinajstić information content (AvgIpc) is 2.73. The van der Waals surface area contributed by atoms with E-state index in [9.17, 15) is 5.11 Å². The number of aliphatic hydroxyl groups excluding tert-OH is 1. The normalized spacial score (nSPS) is 38.5. The van der Waals surface area contributed by atoms with Gasteiger partial charge in [-0.25, -0.2) is 0 Å². The Hall–Kier alpha value is -0.0800. The highest BCUT2D eigenvalue weighted by Crippen LogP contribution is 2.39. The molecule has 0 aromatic rings. The molecular formula is C10H18O2. The molecule has 0 radical (unpaired) electrons. The quantitative estimate of drug-likeness (QED) is 0.698. The van der Waals surface area contributed by atoms with E-state index in [0.29, 0.717) is 0 Å². The first kappa shape index (κ1) is 8.52. The largest absolute Gasteiger partial charge is 0.390 e. The van der Waals surface area contributed by atoms with Crippen molar-refractivity contribution >= 4 is 0 Å². The molecule has 2 rings (SSSR count). The summed E-state index contributed by atoms with van der Waals surface area (Å²) in [5.74, 6) is 0.793. The molecule has 12 heavy (non-hydrogen) atoms. The summed E-state index contributed by atoms with van der Waals surface area (Å²) in [4.78, 5) is 0. The van der Waals surface area contributed by atoms with E-state index in [-0.39, 0.29) is 11.7 Å². The predicted octanol–water partition coefficient (Wildman–Crippen LogP) is 1.72. The van der Waals surface area contributed by atoms with E-state index in [1.54, 1.807) is 0 Å². The lowest BCUT2D eigenvalue weighted by Crippen LogP contribution is -2.38. The molecule has 2 aliphatic rings. The van der Waals surface area contributed by atoms with Crippen LogP contribution in [0.2, 0.25) is 0 Å². The van der Waals surface area contributed by atoms with Crippen LogP contribution in [0.3, 0.4) is 0 Å². The lowest BCUT2D eigenvalue weighted by Gasteiger charge is -2.29. The van der Waals surface area contributed by atoms with Gasteiger partial charge < -0.3 is 9.84 Å². The molecule has 1 N–H and O–H groups in total. The summed E-state index contributed by atoms with van der Waals surface area (Å²) in [5.41, 5.74) is -0.220. The van der Waals surface area contributed by atoms with Crippen LogP contribution in [0.25, 0.3) is 0 Å². The van der Waals surface area contributed by atoms with Gasteiger partial charge in [0.25, 0.3) is 0 Å². The Morgan fingerprint density at radius 1 is 1.58 bits per heavy atom. The highest BCUT2D eigenvalue weighted by Gasteiger charge is 2.39. The van der Waals surface area contributed by atoms with Gasteiger partial charge in [0, 0.05) is 6.61 Å². The van der Waals surface area contributed by atoms with Crippen LogP contribution >= 0.6 is 0 Å². The van der Waals surface area contributed by atoms with Crippen LogP contribution in [0.15, 0.2) is 0 Å². The van der Waals surface area contributed by atoms with Crippen LogP contribution in [0.1, 0.15) is 39.0 Å². The molecule has 0 aromatic carbocycles. The van der Waals surface area contributed by atoms with Gasteiger partial charge in [0.15, 0.2) is 0 Å². The fourth-order valence-corrected chi connectivity index (χ4v) is 1.98. The van der Waals surface area contributed by atoms with Crippen LogP contribution in [0, 0.1) is 5.92 Å². The second-order valence-electron chi connectivity index (χ2n) is 4.46. The molecule has 2 atom stereocenters. The highest BCUT2D eigenvalue weighted by atomic mass is 16.5. The first-order valence-corrected chi connectivity index (χ1v) is 5.03. The summed E-state index contributed by atoms with van der Waals surface area (Å²) >= 11 is 0. The molecule has 2 nitrogen and oxygen atoms in total. The smallest absolute Gasteiger partial charge is 0.0913 e. The molecule has 2 fully saturated rings. The van der Waals surface area contributed by atoms with Crippen LogP contribution in [0.4, 0.5) is 0 Å². The third kappa shape index (κ3) is 1.64. The molecule has 2 unspecified atom stereocenters. The second-order valence-corrected chi connectivity index (χ2v) is 4.46. The van der Waals surface area contributed by atoms with E-state index in [1.807, 2.05) is 6.92 Å². The topological polar surface area (TPSA) is 29.5 Å². The van der Waals surface area contributed by atoms with Gasteiger partial charge in [0.2, 0.25) is 0 Å². The molecule has 2 heteroatoms. The molecule has 1 aliphatic heterocycles. The maximum atomic E-state index is 9.89. The zero-order valence-corrected chi connectivity index (χ0v) is 7.75. The fraction of sp³-hybridized carbons (Fsp3) is 1.00. The second kappa shape index (κ2) is 3.00. The zero-order chi connectivity index (χ0) is 8.60. The number of rotatable bonds is 3. The Morgan fingerprint density at radius 2 is 2.33 bits per heavy atom. The predicted molar refractivity (Wildman–Crippen MR) is 46.9 cm³/mol. The van der Waals surface area contributed by atoms with Crippen molar-refractivity contribution < 1.29 is 9.84 Å². The van der Waals surface area contributed by atoms with E-state index in [0.717, 1.165) is 31.8 Å². The third-order valence-electron chi connectivity index (χ3n) is 3.21. The maximum Gasteiger partial charge on any atom is 0.0913 e. The van der Waals surface area contributed by atoms with Crippen molar-refractivity contribution in [3.8, 4) is 0 Å². The molecule has 0 amide bonds. The molecule has 0 bridgehead atoms. The molecule has 1 aliphatic carbocycles. The Balaban J connectivity index is 1.87. The Morgan fingerprint density at radius 3 is 2.83 bits per heavy atom. The van der Waals surface area contributed by atoms with Crippen molar-refractivity contribution in [3.63, 3.8) is 0 Å². The van der Waals surface area contributed by atoms with E-state index in [2.05, 4.69) is 0 Å². The minimum atomic E-state index is -0.229. The van der Waals surface area contributed by atoms with E-state index in [4.69, 9.17) is 4.74 Å². The van der Waals surface area contributed by atoms with Crippen molar-refractivity contribution in [2.75, 3.05) is 6.61 Å². The number of ether oxygens (including phenoxy) is 1. The van der Waals surface area contributed by atoms with Crippen LogP contribution in [-0.2, 0) is 4.74 Å². The molecule has 1 heterocycles. The summed E-state index contributed by atoms with van der Waals surface area (Å²) in [6, 6.07) is 0. The first-order chi connectivity index (χ1) is 5.71. The number of aliphatic hydroxyl groups is 1. The lowest BCUT2D eigenvalue weighted by molar-refractivity contribution is -0.0822. The Bertz CT molecular complexity index is 157. The van der Waals surface area contributed by atoms with Crippen molar-refractivity contribution in [2.24, 2.45) is 5.92 Å². The minimum Gasteiger partial charge on any atom is -0.390 e. The van der Waals surface area contributed by atoms with Gasteiger partial charge in [0.05, 0.1) is 11.7 Å². The summed E-state index contributed by atoms with van der Waals surface area (Å²) < 4.78 is 5.58.